The Hall–Kier alpha value is -1.79. The Morgan fingerprint density at radius 2 is 1.89 bits per heavy atom. The van der Waals surface area contributed by atoms with Crippen LogP contribution in [0, 0.1) is 0 Å². The molecule has 7 nitrogen and oxygen atoms in total. The number of guanidine groups is 1. The Labute approximate surface area is 113 Å². The van der Waals surface area contributed by atoms with E-state index in [1.54, 1.807) is 7.05 Å². The van der Waals surface area contributed by atoms with Gasteiger partial charge in [-0.3, -0.25) is 10.1 Å². The number of rotatable bonds is 3. The molecule has 0 bridgehead atoms. The van der Waals surface area contributed by atoms with E-state index in [1.165, 1.54) is 4.90 Å². The van der Waals surface area contributed by atoms with Crippen LogP contribution in [0.1, 0.15) is 20.8 Å². The van der Waals surface area contributed by atoms with Crippen LogP contribution < -0.4 is 5.32 Å². The largest absolute Gasteiger partial charge is 0.343 e. The zero-order valence-electron chi connectivity index (χ0n) is 11.9. The molecule has 2 heterocycles. The van der Waals surface area contributed by atoms with Gasteiger partial charge in [0.25, 0.3) is 5.91 Å². The average Bonchev–Trinajstić information content (AvgIpc) is 2.77. The zero-order valence-corrected chi connectivity index (χ0v) is 11.9. The van der Waals surface area contributed by atoms with Crippen LogP contribution in [0.25, 0.3) is 0 Å². The molecule has 0 saturated carbocycles. The number of nitrogens with one attached hydrogen (secondary N) is 1. The molecule has 0 spiro atoms. The summed E-state index contributed by atoms with van der Waals surface area (Å²) in [5, 5.41) is 2.37. The number of fused-ring (bicyclic) bond motifs is 1. The second-order valence-corrected chi connectivity index (χ2v) is 4.65. The predicted molar refractivity (Wildman–Crippen MR) is 71.6 cm³/mol. The van der Waals surface area contributed by atoms with Gasteiger partial charge >= 0.3 is 6.03 Å². The number of hydrogen-bond donors (Lipinski definition) is 1. The first-order valence-corrected chi connectivity index (χ1v) is 6.72. The highest BCUT2D eigenvalue weighted by molar-refractivity contribution is 6.03. The Bertz CT molecular complexity index is 418. The molecule has 0 aromatic carbocycles. The average molecular weight is 267 g/mol. The fraction of sp³-hybridized carbons (Fsp3) is 0.750. The summed E-state index contributed by atoms with van der Waals surface area (Å²) in [4.78, 5) is 33.9. The summed E-state index contributed by atoms with van der Waals surface area (Å²) in [5.41, 5.74) is 0. The number of nitrogens with zero attached hydrogens (tertiary/aromatic N) is 4. The van der Waals surface area contributed by atoms with Crippen molar-refractivity contribution in [3.63, 3.8) is 0 Å². The van der Waals surface area contributed by atoms with Crippen molar-refractivity contribution in [3.8, 4) is 0 Å². The quantitative estimate of drug-likeness (QED) is 0.775. The summed E-state index contributed by atoms with van der Waals surface area (Å²) in [6.07, 6.45) is -0.420. The lowest BCUT2D eigenvalue weighted by atomic mass is 10.1. The Balaban J connectivity index is 2.36. The van der Waals surface area contributed by atoms with E-state index in [-0.39, 0.29) is 11.9 Å². The standard InChI is InChI=1S/C12H21N5O2/c1-5-16(6-2)11-13-9-8(17(11)7-3)10(18)14-12(19)15(9)4/h8-9H,5-7H2,1-4H3,(H,14,18,19). The van der Waals surface area contributed by atoms with Gasteiger partial charge in [-0.1, -0.05) is 0 Å². The van der Waals surface area contributed by atoms with Crippen LogP contribution in [0.3, 0.4) is 0 Å². The predicted octanol–water partition coefficient (Wildman–Crippen LogP) is -0.104. The van der Waals surface area contributed by atoms with Crippen LogP contribution in [0.15, 0.2) is 4.99 Å². The molecular weight excluding hydrogens is 246 g/mol. The molecule has 2 aliphatic rings. The number of carbonyl (C=O) groups excluding carboxylic acids is 2. The van der Waals surface area contributed by atoms with Crippen molar-refractivity contribution in [1.82, 2.24) is 20.0 Å². The number of carbonyl (C=O) groups is 2. The molecule has 7 heteroatoms. The van der Waals surface area contributed by atoms with Gasteiger partial charge in [0.1, 0.15) is 0 Å². The van der Waals surface area contributed by atoms with Gasteiger partial charge in [0.15, 0.2) is 18.2 Å². The normalized spacial score (nSPS) is 26.2. The first kappa shape index (κ1) is 13.6. The highest BCUT2D eigenvalue weighted by atomic mass is 16.2. The smallest absolute Gasteiger partial charge is 0.325 e. The third-order valence-corrected chi connectivity index (χ3v) is 3.73. The van der Waals surface area contributed by atoms with E-state index in [0.717, 1.165) is 19.0 Å². The maximum absolute atomic E-state index is 12.1. The van der Waals surface area contributed by atoms with Crippen LogP contribution in [0.5, 0.6) is 0 Å². The molecule has 3 amide bonds. The summed E-state index contributed by atoms with van der Waals surface area (Å²) in [7, 11) is 1.67. The van der Waals surface area contributed by atoms with E-state index < -0.39 is 12.2 Å². The molecular formula is C12H21N5O2. The lowest BCUT2D eigenvalue weighted by Gasteiger charge is -2.36. The highest BCUT2D eigenvalue weighted by Gasteiger charge is 2.48. The van der Waals surface area contributed by atoms with E-state index in [1.807, 2.05) is 11.8 Å². The fourth-order valence-electron chi connectivity index (χ4n) is 2.62. The SMILES string of the molecule is CCN(CC)C1=NC2C(C(=O)NC(=O)N2C)N1CC. The summed E-state index contributed by atoms with van der Waals surface area (Å²) in [6, 6.07) is -0.796. The molecule has 0 radical (unpaired) electrons. The van der Waals surface area contributed by atoms with Gasteiger partial charge in [0.2, 0.25) is 0 Å². The van der Waals surface area contributed by atoms with Crippen LogP contribution in [-0.2, 0) is 4.79 Å². The van der Waals surface area contributed by atoms with Crippen molar-refractivity contribution in [1.29, 1.82) is 0 Å². The number of hydrogen-bond acceptors (Lipinski definition) is 5. The number of aliphatic imine (C=N–C) groups is 1. The minimum atomic E-state index is -0.420. The van der Waals surface area contributed by atoms with Crippen molar-refractivity contribution in [2.45, 2.75) is 33.0 Å². The molecule has 19 heavy (non-hydrogen) atoms. The third-order valence-electron chi connectivity index (χ3n) is 3.73. The minimum Gasteiger partial charge on any atom is -0.343 e. The molecule has 2 aliphatic heterocycles. The van der Waals surface area contributed by atoms with Gasteiger partial charge in [-0.15, -0.1) is 0 Å². The lowest BCUT2D eigenvalue weighted by Crippen LogP contribution is -2.64. The summed E-state index contributed by atoms with van der Waals surface area (Å²) in [5.74, 6) is 0.542. The molecule has 2 unspecified atom stereocenters. The molecule has 0 aliphatic carbocycles. The maximum atomic E-state index is 12.1. The maximum Gasteiger partial charge on any atom is 0.325 e. The number of amides is 3. The van der Waals surface area contributed by atoms with Crippen LogP contribution in [-0.4, -0.2) is 71.5 Å². The number of likely N-dealkylation sites (N-methyl/N-ethyl adjacent to an activating group) is 2. The first-order valence-electron chi connectivity index (χ1n) is 6.72. The Kier molecular flexibility index (Phi) is 3.64. The zero-order chi connectivity index (χ0) is 14.2. The second kappa shape index (κ2) is 5.07. The van der Waals surface area contributed by atoms with Crippen LogP contribution >= 0.6 is 0 Å². The van der Waals surface area contributed by atoms with E-state index in [4.69, 9.17) is 0 Å². The Morgan fingerprint density at radius 3 is 2.42 bits per heavy atom. The molecule has 0 aromatic heterocycles. The number of urea groups is 1. The molecule has 1 fully saturated rings. The Morgan fingerprint density at radius 1 is 1.26 bits per heavy atom. The monoisotopic (exact) mass is 267 g/mol. The van der Waals surface area contributed by atoms with E-state index >= 15 is 0 Å². The van der Waals surface area contributed by atoms with Crippen molar-refractivity contribution in [2.24, 2.45) is 4.99 Å². The van der Waals surface area contributed by atoms with Crippen LogP contribution in [0.4, 0.5) is 4.79 Å². The summed E-state index contributed by atoms with van der Waals surface area (Å²) in [6.45, 7) is 8.43. The number of imide groups is 1. The van der Waals surface area contributed by atoms with Gasteiger partial charge < -0.3 is 14.7 Å². The molecule has 106 valence electrons. The summed E-state index contributed by atoms with van der Waals surface area (Å²) < 4.78 is 0. The van der Waals surface area contributed by atoms with E-state index in [0.29, 0.717) is 6.54 Å². The molecule has 1 saturated heterocycles. The minimum absolute atomic E-state index is 0.263. The van der Waals surface area contributed by atoms with Gasteiger partial charge in [0, 0.05) is 26.7 Å². The van der Waals surface area contributed by atoms with Crippen molar-refractivity contribution in [3.05, 3.63) is 0 Å². The van der Waals surface area contributed by atoms with Gasteiger partial charge in [-0.2, -0.15) is 0 Å². The molecule has 2 atom stereocenters. The van der Waals surface area contributed by atoms with E-state index in [9.17, 15) is 9.59 Å². The molecule has 2 rings (SSSR count). The molecule has 1 N–H and O–H groups in total. The molecule has 0 aromatic rings. The van der Waals surface area contributed by atoms with Gasteiger partial charge in [-0.25, -0.2) is 9.79 Å². The van der Waals surface area contributed by atoms with Gasteiger partial charge in [-0.05, 0) is 20.8 Å². The van der Waals surface area contributed by atoms with E-state index in [2.05, 4.69) is 29.1 Å². The first-order chi connectivity index (χ1) is 9.04. The van der Waals surface area contributed by atoms with Crippen LogP contribution in [0.2, 0.25) is 0 Å². The van der Waals surface area contributed by atoms with Crippen molar-refractivity contribution in [2.75, 3.05) is 26.7 Å². The lowest BCUT2D eigenvalue weighted by molar-refractivity contribution is -0.127. The van der Waals surface area contributed by atoms with Crippen molar-refractivity contribution < 1.29 is 9.59 Å². The highest BCUT2D eigenvalue weighted by Crippen LogP contribution is 2.24. The van der Waals surface area contributed by atoms with Gasteiger partial charge in [0.05, 0.1) is 0 Å². The topological polar surface area (TPSA) is 68.2 Å². The third kappa shape index (κ3) is 2.02. The van der Waals surface area contributed by atoms with Crippen molar-refractivity contribution >= 4 is 17.9 Å². The summed E-state index contributed by atoms with van der Waals surface area (Å²) >= 11 is 0. The fourth-order valence-corrected chi connectivity index (χ4v) is 2.62. The second-order valence-electron chi connectivity index (χ2n) is 4.65.